The molecule has 1 amide bonds. The first-order valence-corrected chi connectivity index (χ1v) is 8.98. The van der Waals surface area contributed by atoms with Gasteiger partial charge in [0.05, 0.1) is 24.1 Å². The van der Waals surface area contributed by atoms with Gasteiger partial charge in [-0.3, -0.25) is 4.79 Å². The summed E-state index contributed by atoms with van der Waals surface area (Å²) in [6, 6.07) is 15.0. The van der Waals surface area contributed by atoms with E-state index in [1.54, 1.807) is 30.7 Å². The summed E-state index contributed by atoms with van der Waals surface area (Å²) in [6.45, 7) is 3.88. The largest absolute Gasteiger partial charge is 0.462 e. The van der Waals surface area contributed by atoms with Crippen LogP contribution in [0.4, 0.5) is 0 Å². The minimum atomic E-state index is -0.402. The van der Waals surface area contributed by atoms with Gasteiger partial charge in [0.2, 0.25) is 0 Å². The Morgan fingerprint density at radius 1 is 1.21 bits per heavy atom. The highest BCUT2D eigenvalue weighted by atomic mass is 16.5. The van der Waals surface area contributed by atoms with Crippen molar-refractivity contribution in [2.24, 2.45) is 5.10 Å². The van der Waals surface area contributed by atoms with Crippen molar-refractivity contribution < 1.29 is 14.3 Å². The number of hydrogen-bond donors (Lipinski definition) is 2. The van der Waals surface area contributed by atoms with Gasteiger partial charge in [-0.05, 0) is 37.6 Å². The highest BCUT2D eigenvalue weighted by Gasteiger charge is 2.20. The number of amides is 1. The normalized spacial score (nSPS) is 10.9. The van der Waals surface area contributed by atoms with Gasteiger partial charge in [-0.25, -0.2) is 10.2 Å². The molecule has 3 aromatic rings. The first-order chi connectivity index (χ1) is 13.6. The zero-order chi connectivity index (χ0) is 19.9. The highest BCUT2D eigenvalue weighted by molar-refractivity contribution is 5.93. The maximum Gasteiger partial charge on any atom is 0.339 e. The molecule has 0 spiro atoms. The number of ether oxygens (including phenoxy) is 1. The molecule has 7 heteroatoms. The van der Waals surface area contributed by atoms with Crippen LogP contribution in [-0.2, 0) is 16.1 Å². The molecule has 0 saturated carbocycles. The summed E-state index contributed by atoms with van der Waals surface area (Å²) in [4.78, 5) is 27.7. The first-order valence-electron chi connectivity index (χ1n) is 8.98. The molecule has 2 aromatic heterocycles. The molecule has 0 bridgehead atoms. The van der Waals surface area contributed by atoms with E-state index in [9.17, 15) is 9.59 Å². The molecule has 0 unspecified atom stereocenters. The lowest BCUT2D eigenvalue weighted by atomic mass is 10.1. The number of H-pyrrole nitrogens is 1. The maximum atomic E-state index is 12.4. The summed E-state index contributed by atoms with van der Waals surface area (Å²) in [5.41, 5.74) is 6.09. The van der Waals surface area contributed by atoms with E-state index in [0.717, 1.165) is 17.0 Å². The van der Waals surface area contributed by atoms with Crippen LogP contribution in [0, 0.1) is 6.92 Å². The van der Waals surface area contributed by atoms with Crippen LogP contribution in [0.5, 0.6) is 0 Å². The minimum Gasteiger partial charge on any atom is -0.462 e. The standard InChI is InChI=1S/C21H22N4O3/c1-3-28-21(27)18-12-19(16-8-5-4-6-9-16)25(15(18)2)14-20(26)24-23-13-17-10-7-11-22-17/h4-13,22H,3,14H2,1-2H3,(H,24,26)/b23-13+. The Morgan fingerprint density at radius 2 is 2.00 bits per heavy atom. The summed E-state index contributed by atoms with van der Waals surface area (Å²) >= 11 is 0. The zero-order valence-electron chi connectivity index (χ0n) is 15.8. The lowest BCUT2D eigenvalue weighted by molar-refractivity contribution is -0.121. The Labute approximate surface area is 163 Å². The predicted molar refractivity (Wildman–Crippen MR) is 107 cm³/mol. The Morgan fingerprint density at radius 3 is 2.68 bits per heavy atom. The van der Waals surface area contributed by atoms with Gasteiger partial charge >= 0.3 is 5.97 Å². The van der Waals surface area contributed by atoms with E-state index in [2.05, 4.69) is 15.5 Å². The van der Waals surface area contributed by atoms with Crippen LogP contribution in [-0.4, -0.2) is 34.2 Å². The molecule has 0 aliphatic rings. The second kappa shape index (κ2) is 8.85. The van der Waals surface area contributed by atoms with Crippen molar-refractivity contribution >= 4 is 18.1 Å². The van der Waals surface area contributed by atoms with Crippen molar-refractivity contribution in [3.8, 4) is 11.3 Å². The fourth-order valence-electron chi connectivity index (χ4n) is 2.89. The molecule has 28 heavy (non-hydrogen) atoms. The lowest BCUT2D eigenvalue weighted by Gasteiger charge is -2.11. The number of hydrogen-bond acceptors (Lipinski definition) is 4. The molecule has 2 N–H and O–H groups in total. The Hall–Kier alpha value is -3.61. The van der Waals surface area contributed by atoms with Gasteiger partial charge in [-0.1, -0.05) is 30.3 Å². The number of nitrogens with one attached hydrogen (secondary N) is 2. The molecule has 0 fully saturated rings. The quantitative estimate of drug-likeness (QED) is 0.376. The second-order valence-electron chi connectivity index (χ2n) is 6.12. The third kappa shape index (κ3) is 4.37. The van der Waals surface area contributed by atoms with Crippen LogP contribution >= 0.6 is 0 Å². The number of aromatic nitrogens is 2. The summed E-state index contributed by atoms with van der Waals surface area (Å²) in [7, 11) is 0. The van der Waals surface area contributed by atoms with Gasteiger partial charge in [0.1, 0.15) is 6.54 Å². The van der Waals surface area contributed by atoms with E-state index in [1.165, 1.54) is 6.21 Å². The van der Waals surface area contributed by atoms with Crippen LogP contribution in [0.1, 0.15) is 28.7 Å². The van der Waals surface area contributed by atoms with E-state index in [1.807, 2.05) is 42.5 Å². The average molecular weight is 378 g/mol. The van der Waals surface area contributed by atoms with E-state index >= 15 is 0 Å². The van der Waals surface area contributed by atoms with Gasteiger partial charge in [0.15, 0.2) is 0 Å². The monoisotopic (exact) mass is 378 g/mol. The van der Waals surface area contributed by atoms with E-state index < -0.39 is 5.97 Å². The number of carbonyl (C=O) groups is 2. The zero-order valence-corrected chi connectivity index (χ0v) is 15.8. The summed E-state index contributed by atoms with van der Waals surface area (Å²) in [5.74, 6) is -0.699. The van der Waals surface area contributed by atoms with Crippen molar-refractivity contribution in [1.82, 2.24) is 15.0 Å². The first kappa shape index (κ1) is 19.2. The van der Waals surface area contributed by atoms with Crippen LogP contribution in [0.15, 0.2) is 59.8 Å². The Bertz CT molecular complexity index is 973. The average Bonchev–Trinajstić information content (AvgIpc) is 3.32. The molecular weight excluding hydrogens is 356 g/mol. The number of nitrogens with zero attached hydrogens (tertiary/aromatic N) is 2. The van der Waals surface area contributed by atoms with E-state index in [0.29, 0.717) is 11.3 Å². The number of rotatable bonds is 7. The molecule has 1 aromatic carbocycles. The number of carbonyl (C=O) groups excluding carboxylic acids is 2. The number of aromatic amines is 1. The molecule has 0 saturated heterocycles. The molecule has 144 valence electrons. The maximum absolute atomic E-state index is 12.4. The third-order valence-corrected chi connectivity index (χ3v) is 4.25. The smallest absolute Gasteiger partial charge is 0.339 e. The van der Waals surface area contributed by atoms with Gasteiger partial charge in [0.25, 0.3) is 5.91 Å². The molecular formula is C21H22N4O3. The topological polar surface area (TPSA) is 88.5 Å². The van der Waals surface area contributed by atoms with E-state index in [4.69, 9.17) is 4.74 Å². The molecule has 2 heterocycles. The fourth-order valence-corrected chi connectivity index (χ4v) is 2.89. The Balaban J connectivity index is 1.85. The highest BCUT2D eigenvalue weighted by Crippen LogP contribution is 2.26. The van der Waals surface area contributed by atoms with E-state index in [-0.39, 0.29) is 19.1 Å². The van der Waals surface area contributed by atoms with Crippen LogP contribution in [0.2, 0.25) is 0 Å². The Kier molecular flexibility index (Phi) is 6.06. The number of benzene rings is 1. The van der Waals surface area contributed by atoms with Crippen molar-refractivity contribution in [3.63, 3.8) is 0 Å². The molecule has 0 aliphatic carbocycles. The minimum absolute atomic E-state index is 0.0253. The van der Waals surface area contributed by atoms with Crippen LogP contribution < -0.4 is 5.43 Å². The lowest BCUT2D eigenvalue weighted by Crippen LogP contribution is -2.24. The van der Waals surface area contributed by atoms with Crippen molar-refractivity contribution in [3.05, 3.63) is 71.7 Å². The molecule has 7 nitrogen and oxygen atoms in total. The third-order valence-electron chi connectivity index (χ3n) is 4.25. The fraction of sp³-hybridized carbons (Fsp3) is 0.190. The van der Waals surface area contributed by atoms with Gasteiger partial charge < -0.3 is 14.3 Å². The van der Waals surface area contributed by atoms with Gasteiger partial charge in [-0.15, -0.1) is 0 Å². The molecule has 0 radical (unpaired) electrons. The summed E-state index contributed by atoms with van der Waals surface area (Å²) in [6.07, 6.45) is 3.30. The second-order valence-corrected chi connectivity index (χ2v) is 6.12. The van der Waals surface area contributed by atoms with Crippen molar-refractivity contribution in [1.29, 1.82) is 0 Å². The van der Waals surface area contributed by atoms with Gasteiger partial charge in [0, 0.05) is 17.6 Å². The SMILES string of the molecule is CCOC(=O)c1cc(-c2ccccc2)n(CC(=O)N/N=C/c2ccc[nH]2)c1C. The van der Waals surface area contributed by atoms with Crippen molar-refractivity contribution in [2.75, 3.05) is 6.61 Å². The number of hydrazone groups is 1. The summed E-state index contributed by atoms with van der Waals surface area (Å²) < 4.78 is 6.94. The molecule has 0 aliphatic heterocycles. The number of esters is 1. The predicted octanol–water partition coefficient (Wildman–Crippen LogP) is 3.12. The van der Waals surface area contributed by atoms with Gasteiger partial charge in [-0.2, -0.15) is 5.10 Å². The van der Waals surface area contributed by atoms with Crippen LogP contribution in [0.25, 0.3) is 11.3 Å². The van der Waals surface area contributed by atoms with Crippen molar-refractivity contribution in [2.45, 2.75) is 20.4 Å². The summed E-state index contributed by atoms with van der Waals surface area (Å²) in [5, 5.41) is 3.95. The molecule has 0 atom stereocenters. The van der Waals surface area contributed by atoms with Crippen LogP contribution in [0.3, 0.4) is 0 Å². The molecule has 3 rings (SSSR count).